The lowest BCUT2D eigenvalue weighted by Gasteiger charge is -2.24. The number of aromatic nitrogens is 5. The summed E-state index contributed by atoms with van der Waals surface area (Å²) in [5, 5.41) is 11.9. The van der Waals surface area contributed by atoms with Crippen molar-refractivity contribution in [3.05, 3.63) is 46.9 Å². The maximum absolute atomic E-state index is 13.5. The van der Waals surface area contributed by atoms with Crippen LogP contribution in [0.25, 0.3) is 11.5 Å². The van der Waals surface area contributed by atoms with E-state index in [1.54, 1.807) is 4.90 Å². The Labute approximate surface area is 193 Å². The van der Waals surface area contributed by atoms with E-state index >= 15 is 0 Å². The molecule has 1 unspecified atom stereocenters. The van der Waals surface area contributed by atoms with E-state index in [-0.39, 0.29) is 11.9 Å². The maximum Gasteiger partial charge on any atom is 0.260 e. The Morgan fingerprint density at radius 1 is 1.24 bits per heavy atom. The van der Waals surface area contributed by atoms with Gasteiger partial charge in [-0.1, -0.05) is 6.07 Å². The van der Waals surface area contributed by atoms with Gasteiger partial charge in [-0.05, 0) is 52.4 Å². The minimum Gasteiger partial charge on any atom is -0.357 e. The van der Waals surface area contributed by atoms with Gasteiger partial charge in [0.15, 0.2) is 5.82 Å². The van der Waals surface area contributed by atoms with Gasteiger partial charge >= 0.3 is 0 Å². The lowest BCUT2D eigenvalue weighted by molar-refractivity contribution is 0.0996. The Hall–Kier alpha value is -3.33. The molecule has 172 valence electrons. The molecule has 33 heavy (non-hydrogen) atoms. The number of hydrogen-bond donors (Lipinski definition) is 1. The Morgan fingerprint density at radius 2 is 2.06 bits per heavy atom. The first-order chi connectivity index (χ1) is 15.9. The van der Waals surface area contributed by atoms with Gasteiger partial charge in [0.25, 0.3) is 5.91 Å². The molecule has 1 N–H and O–H groups in total. The van der Waals surface area contributed by atoms with E-state index < -0.39 is 0 Å². The predicted octanol–water partition coefficient (Wildman–Crippen LogP) is 2.97. The van der Waals surface area contributed by atoms with Crippen LogP contribution >= 0.6 is 0 Å². The molecule has 9 nitrogen and oxygen atoms in total. The molecule has 0 radical (unpaired) electrons. The van der Waals surface area contributed by atoms with Crippen LogP contribution in [0.4, 0.5) is 11.6 Å². The molecular formula is C24H30N8O. The summed E-state index contributed by atoms with van der Waals surface area (Å²) >= 11 is 0. The third kappa shape index (κ3) is 3.56. The Kier molecular flexibility index (Phi) is 5.36. The predicted molar refractivity (Wildman–Crippen MR) is 127 cm³/mol. The molecule has 2 aliphatic rings. The topological polar surface area (TPSA) is 92.1 Å². The second-order valence-corrected chi connectivity index (χ2v) is 9.16. The molecule has 1 amide bonds. The number of aryl methyl sites for hydroxylation is 1. The average Bonchev–Trinajstić information content (AvgIpc) is 3.49. The largest absolute Gasteiger partial charge is 0.357 e. The number of carbonyl (C=O) groups is 1. The van der Waals surface area contributed by atoms with Crippen LogP contribution < -0.4 is 15.1 Å². The number of nitrogens with one attached hydrogen (secondary N) is 1. The molecule has 1 atom stereocenters. The fourth-order valence-electron chi connectivity index (χ4n) is 4.59. The van der Waals surface area contributed by atoms with Crippen molar-refractivity contribution in [2.24, 2.45) is 0 Å². The summed E-state index contributed by atoms with van der Waals surface area (Å²) in [6.45, 7) is 7.45. The molecule has 3 aromatic heterocycles. The highest BCUT2D eigenvalue weighted by atomic mass is 16.2. The third-order valence-corrected chi connectivity index (χ3v) is 6.70. The molecule has 0 aliphatic carbocycles. The number of nitrogens with zero attached hydrogens (tertiary/aromatic N) is 7. The third-order valence-electron chi connectivity index (χ3n) is 6.70. The monoisotopic (exact) mass is 446 g/mol. The molecule has 0 bridgehead atoms. The molecule has 5 rings (SSSR count). The highest BCUT2D eigenvalue weighted by molar-refractivity contribution is 6.10. The van der Waals surface area contributed by atoms with Crippen molar-refractivity contribution >= 4 is 17.5 Å². The number of fused-ring (bicyclic) bond motifs is 2. The van der Waals surface area contributed by atoms with Crippen LogP contribution in [0.2, 0.25) is 0 Å². The normalized spacial score (nSPS) is 17.1. The standard InChI is InChI=1S/C24H30N8O/c1-14(2)30(5)22-11-16-17(19(27-22)12-25-4)13-31(24(16)33)20-8-6-7-18(26-20)23-29-28-21-10-9-15(3)32(21)23/h6-8,11,14-15,25H,9-10,12-13H2,1-5H3. The highest BCUT2D eigenvalue weighted by Gasteiger charge is 2.33. The molecule has 0 fully saturated rings. The first kappa shape index (κ1) is 21.5. The van der Waals surface area contributed by atoms with E-state index in [9.17, 15) is 4.79 Å². The van der Waals surface area contributed by atoms with Crippen molar-refractivity contribution in [3.63, 3.8) is 0 Å². The first-order valence-corrected chi connectivity index (χ1v) is 11.5. The van der Waals surface area contributed by atoms with Crippen molar-refractivity contribution in [2.75, 3.05) is 23.9 Å². The summed E-state index contributed by atoms with van der Waals surface area (Å²) in [4.78, 5) is 27.0. The molecule has 2 aliphatic heterocycles. The van der Waals surface area contributed by atoms with Crippen LogP contribution in [0.5, 0.6) is 0 Å². The highest BCUT2D eigenvalue weighted by Crippen LogP contribution is 2.34. The van der Waals surface area contributed by atoms with Gasteiger partial charge in [0.2, 0.25) is 0 Å². The van der Waals surface area contributed by atoms with Crippen molar-refractivity contribution in [1.82, 2.24) is 30.0 Å². The van der Waals surface area contributed by atoms with Gasteiger partial charge in [-0.15, -0.1) is 10.2 Å². The van der Waals surface area contributed by atoms with E-state index in [1.807, 2.05) is 38.4 Å². The lowest BCUT2D eigenvalue weighted by atomic mass is 10.1. The van der Waals surface area contributed by atoms with Crippen LogP contribution in [0.15, 0.2) is 24.3 Å². The summed E-state index contributed by atoms with van der Waals surface area (Å²) < 4.78 is 2.16. The number of carbonyl (C=O) groups excluding carboxylic acids is 1. The van der Waals surface area contributed by atoms with Crippen LogP contribution in [0.3, 0.4) is 0 Å². The van der Waals surface area contributed by atoms with Gasteiger partial charge in [-0.2, -0.15) is 0 Å². The van der Waals surface area contributed by atoms with E-state index in [4.69, 9.17) is 9.97 Å². The fourth-order valence-corrected chi connectivity index (χ4v) is 4.59. The molecule has 5 heterocycles. The zero-order chi connectivity index (χ0) is 23.3. The first-order valence-electron chi connectivity index (χ1n) is 11.5. The lowest BCUT2D eigenvalue weighted by Crippen LogP contribution is -2.27. The minimum atomic E-state index is -0.0485. The molecule has 9 heteroatoms. The number of amides is 1. The van der Waals surface area contributed by atoms with Crippen LogP contribution in [0, 0.1) is 0 Å². The van der Waals surface area contributed by atoms with E-state index in [1.165, 1.54) is 0 Å². The number of rotatable bonds is 6. The zero-order valence-corrected chi connectivity index (χ0v) is 19.8. The summed E-state index contributed by atoms with van der Waals surface area (Å²) in [5.41, 5.74) is 3.28. The van der Waals surface area contributed by atoms with Gasteiger partial charge in [0, 0.05) is 37.7 Å². The molecule has 0 saturated carbocycles. The number of pyridine rings is 2. The van der Waals surface area contributed by atoms with E-state index in [0.29, 0.717) is 30.5 Å². The Morgan fingerprint density at radius 3 is 2.82 bits per heavy atom. The molecule has 0 aromatic carbocycles. The van der Waals surface area contributed by atoms with Crippen LogP contribution in [0.1, 0.15) is 60.7 Å². The smallest absolute Gasteiger partial charge is 0.260 e. The van der Waals surface area contributed by atoms with Gasteiger partial charge < -0.3 is 14.8 Å². The molecule has 3 aromatic rings. The van der Waals surface area contributed by atoms with Gasteiger partial charge in [-0.3, -0.25) is 9.69 Å². The van der Waals surface area contributed by atoms with Crippen LogP contribution in [-0.4, -0.2) is 50.8 Å². The fraction of sp³-hybridized carbons (Fsp3) is 0.458. The number of anilines is 2. The molecular weight excluding hydrogens is 416 g/mol. The van der Waals surface area contributed by atoms with Crippen LogP contribution in [-0.2, 0) is 19.5 Å². The summed E-state index contributed by atoms with van der Waals surface area (Å²) in [6, 6.07) is 8.28. The summed E-state index contributed by atoms with van der Waals surface area (Å²) in [5.74, 6) is 3.13. The SMILES string of the molecule is CNCc1nc(N(C)C(C)C)cc2c1CN(c1cccc(-c3nnc4n3C(C)CC4)n1)C2=O. The van der Waals surface area contributed by atoms with Gasteiger partial charge in [0.05, 0.1) is 17.8 Å². The second kappa shape index (κ2) is 8.22. The summed E-state index contributed by atoms with van der Waals surface area (Å²) in [6.07, 6.45) is 1.99. The quantitative estimate of drug-likeness (QED) is 0.622. The second-order valence-electron chi connectivity index (χ2n) is 9.16. The Bertz CT molecular complexity index is 1220. The van der Waals surface area contributed by atoms with Crippen molar-refractivity contribution in [2.45, 2.75) is 58.8 Å². The van der Waals surface area contributed by atoms with E-state index in [2.05, 4.69) is 45.8 Å². The number of hydrogen-bond acceptors (Lipinski definition) is 7. The van der Waals surface area contributed by atoms with Gasteiger partial charge in [0.1, 0.15) is 23.2 Å². The van der Waals surface area contributed by atoms with Gasteiger partial charge in [-0.25, -0.2) is 9.97 Å². The zero-order valence-electron chi connectivity index (χ0n) is 19.8. The summed E-state index contributed by atoms with van der Waals surface area (Å²) in [7, 11) is 3.90. The molecule has 0 saturated heterocycles. The maximum atomic E-state index is 13.5. The minimum absolute atomic E-state index is 0.0485. The van der Waals surface area contributed by atoms with E-state index in [0.717, 1.165) is 47.3 Å². The average molecular weight is 447 g/mol. The van der Waals surface area contributed by atoms with Crippen molar-refractivity contribution in [1.29, 1.82) is 0 Å². The van der Waals surface area contributed by atoms with Crippen molar-refractivity contribution < 1.29 is 4.79 Å². The molecule has 0 spiro atoms. The van der Waals surface area contributed by atoms with Crippen molar-refractivity contribution in [3.8, 4) is 11.5 Å². The Balaban J connectivity index is 1.52.